The third kappa shape index (κ3) is 6.57. The first kappa shape index (κ1) is 29.1. The molecule has 6 nitrogen and oxygen atoms in total. The molecule has 0 saturated carbocycles. The monoisotopic (exact) mass is 555 g/mol. The number of rotatable bonds is 6. The molecule has 0 atom stereocenters. The number of halogens is 4. The largest absolute Gasteiger partial charge is 0.369 e. The van der Waals surface area contributed by atoms with E-state index in [1.54, 1.807) is 17.1 Å². The Kier molecular flexibility index (Phi) is 11.1. The molecule has 1 saturated heterocycles. The Morgan fingerprint density at radius 2 is 1.49 bits per heavy atom. The van der Waals surface area contributed by atoms with Crippen LogP contribution in [0.3, 0.4) is 0 Å². The summed E-state index contributed by atoms with van der Waals surface area (Å²) in [6.45, 7) is 5.89. The van der Waals surface area contributed by atoms with E-state index in [-0.39, 0.29) is 42.8 Å². The third-order valence-corrected chi connectivity index (χ3v) is 6.50. The number of aryl methyl sites for hydroxylation is 1. The second-order valence-corrected chi connectivity index (χ2v) is 8.73. The Balaban J connectivity index is 0.00000144. The quantitative estimate of drug-likeness (QED) is 0.233. The van der Waals surface area contributed by atoms with Crippen LogP contribution in [0.2, 0.25) is 5.02 Å². The maximum absolute atomic E-state index is 12.9. The second-order valence-electron chi connectivity index (χ2n) is 8.29. The minimum atomic E-state index is -0.00941. The van der Waals surface area contributed by atoms with Crippen molar-refractivity contribution in [3.05, 3.63) is 76.4 Å². The van der Waals surface area contributed by atoms with Crippen molar-refractivity contribution in [3.63, 3.8) is 0 Å². The van der Waals surface area contributed by atoms with Crippen LogP contribution in [0.15, 0.2) is 65.8 Å². The lowest BCUT2D eigenvalue weighted by Gasteiger charge is -2.36. The van der Waals surface area contributed by atoms with Crippen LogP contribution < -0.4 is 10.5 Å². The predicted molar refractivity (Wildman–Crippen MR) is 152 cm³/mol. The van der Waals surface area contributed by atoms with E-state index in [9.17, 15) is 4.79 Å². The molecule has 1 aliphatic heterocycles. The van der Waals surface area contributed by atoms with Crippen LogP contribution in [0, 0.1) is 0 Å². The van der Waals surface area contributed by atoms with E-state index in [0.29, 0.717) is 11.9 Å². The highest BCUT2D eigenvalue weighted by molar-refractivity contribution is 6.30. The molecule has 1 fully saturated rings. The van der Waals surface area contributed by atoms with Gasteiger partial charge in [0.25, 0.3) is 5.56 Å². The number of pyridine rings is 1. The van der Waals surface area contributed by atoms with Gasteiger partial charge >= 0.3 is 0 Å². The fourth-order valence-corrected chi connectivity index (χ4v) is 4.54. The first-order valence-corrected chi connectivity index (χ1v) is 11.5. The summed E-state index contributed by atoms with van der Waals surface area (Å²) in [6, 6.07) is 15.9. The van der Waals surface area contributed by atoms with Gasteiger partial charge in [0.2, 0.25) is 0 Å². The predicted octanol–water partition coefficient (Wildman–Crippen LogP) is 5.47. The number of fused-ring (bicyclic) bond motifs is 3. The van der Waals surface area contributed by atoms with Gasteiger partial charge in [0.15, 0.2) is 0 Å². The molecule has 1 aliphatic rings. The van der Waals surface area contributed by atoms with Gasteiger partial charge in [-0.3, -0.25) is 19.2 Å². The molecule has 0 unspecified atom stereocenters. The summed E-state index contributed by atoms with van der Waals surface area (Å²) in [6.07, 6.45) is 5.35. The summed E-state index contributed by atoms with van der Waals surface area (Å²) in [5.74, 6) is 0. The van der Waals surface area contributed by atoms with E-state index in [0.717, 1.165) is 67.0 Å². The number of aromatic nitrogens is 3. The van der Waals surface area contributed by atoms with Crippen molar-refractivity contribution in [2.45, 2.75) is 19.4 Å². The number of benzene rings is 2. The summed E-state index contributed by atoms with van der Waals surface area (Å²) in [5, 5.41) is 2.29. The number of anilines is 1. The lowest BCUT2D eigenvalue weighted by atomic mass is 10.1. The molecule has 188 valence electrons. The van der Waals surface area contributed by atoms with Crippen LogP contribution in [0.1, 0.15) is 12.8 Å². The van der Waals surface area contributed by atoms with E-state index >= 15 is 0 Å². The maximum atomic E-state index is 12.9. The number of unbranched alkanes of at least 4 members (excludes halogenated alkanes) is 1. The highest BCUT2D eigenvalue weighted by atomic mass is 35.5. The van der Waals surface area contributed by atoms with Crippen LogP contribution in [-0.2, 0) is 6.54 Å². The van der Waals surface area contributed by atoms with E-state index < -0.39 is 0 Å². The molecule has 4 aromatic rings. The average Bonchev–Trinajstić information content (AvgIpc) is 2.84. The molecular formula is C25H29Cl4N5O. The van der Waals surface area contributed by atoms with Crippen molar-refractivity contribution >= 4 is 76.3 Å². The van der Waals surface area contributed by atoms with Gasteiger partial charge in [-0.1, -0.05) is 29.8 Å². The molecule has 0 bridgehead atoms. The van der Waals surface area contributed by atoms with Gasteiger partial charge in [0, 0.05) is 55.0 Å². The molecule has 5 rings (SSSR count). The van der Waals surface area contributed by atoms with Gasteiger partial charge in [0.05, 0.1) is 22.7 Å². The molecule has 0 radical (unpaired) electrons. The molecular weight excluding hydrogens is 528 g/mol. The number of piperazine rings is 1. The Morgan fingerprint density at radius 1 is 0.800 bits per heavy atom. The van der Waals surface area contributed by atoms with E-state index in [4.69, 9.17) is 11.6 Å². The summed E-state index contributed by atoms with van der Waals surface area (Å²) < 4.78 is 1.72. The first-order valence-electron chi connectivity index (χ1n) is 11.1. The van der Waals surface area contributed by atoms with Gasteiger partial charge in [-0.15, -0.1) is 37.2 Å². The van der Waals surface area contributed by atoms with Crippen LogP contribution >= 0.6 is 48.8 Å². The van der Waals surface area contributed by atoms with E-state index in [2.05, 4.69) is 31.9 Å². The Morgan fingerprint density at radius 3 is 2.23 bits per heavy atom. The molecule has 0 spiro atoms. The van der Waals surface area contributed by atoms with Gasteiger partial charge in [0.1, 0.15) is 0 Å². The zero-order valence-corrected chi connectivity index (χ0v) is 22.4. The summed E-state index contributed by atoms with van der Waals surface area (Å²) in [4.78, 5) is 26.8. The molecule has 0 aliphatic carbocycles. The summed E-state index contributed by atoms with van der Waals surface area (Å²) >= 11 is 6.00. The highest BCUT2D eigenvalue weighted by Crippen LogP contribution is 2.20. The van der Waals surface area contributed by atoms with E-state index in [1.165, 1.54) is 5.69 Å². The zero-order valence-electron chi connectivity index (χ0n) is 19.2. The van der Waals surface area contributed by atoms with Gasteiger partial charge in [-0.05, 0) is 49.7 Å². The Labute approximate surface area is 228 Å². The van der Waals surface area contributed by atoms with Crippen molar-refractivity contribution in [3.8, 4) is 0 Å². The molecule has 0 N–H and O–H groups in total. The maximum Gasteiger partial charge on any atom is 0.262 e. The Bertz CT molecular complexity index is 1290. The molecule has 2 aromatic carbocycles. The van der Waals surface area contributed by atoms with Crippen LogP contribution in [0.25, 0.3) is 21.8 Å². The van der Waals surface area contributed by atoms with E-state index in [1.807, 2.05) is 36.4 Å². The van der Waals surface area contributed by atoms with Gasteiger partial charge < -0.3 is 4.90 Å². The van der Waals surface area contributed by atoms with Gasteiger partial charge in [-0.2, -0.15) is 0 Å². The number of para-hydroxylation sites is 1. The number of nitrogens with zero attached hydrogens (tertiary/aromatic N) is 5. The fourth-order valence-electron chi connectivity index (χ4n) is 4.42. The SMILES string of the molecule is Cl.Cl.Cl.O=c1c2cnc3ccccc3c2ncn1CCCCN1CCN(c2ccc(Cl)cc2)CC1. The topological polar surface area (TPSA) is 54.3 Å². The lowest BCUT2D eigenvalue weighted by Crippen LogP contribution is -2.46. The average molecular weight is 557 g/mol. The molecule has 2 aromatic heterocycles. The smallest absolute Gasteiger partial charge is 0.262 e. The molecule has 35 heavy (non-hydrogen) atoms. The Hall–Kier alpha value is -2.09. The number of hydrogen-bond donors (Lipinski definition) is 0. The third-order valence-electron chi connectivity index (χ3n) is 6.25. The van der Waals surface area contributed by atoms with Crippen LogP contribution in [-0.4, -0.2) is 52.2 Å². The standard InChI is InChI=1S/C25H26ClN5O.3ClH/c26-19-7-9-20(10-8-19)30-15-13-29(14-16-30)11-3-4-12-31-18-28-24-21-5-1-2-6-23(21)27-17-22(24)25(31)32;;;/h1-2,5-10,17-18H,3-4,11-16H2;3*1H. The van der Waals surface area contributed by atoms with Gasteiger partial charge in [-0.25, -0.2) is 4.98 Å². The molecule has 0 amide bonds. The summed E-state index contributed by atoms with van der Waals surface area (Å²) in [7, 11) is 0. The molecule has 10 heteroatoms. The van der Waals surface area contributed by atoms with Crippen molar-refractivity contribution < 1.29 is 0 Å². The van der Waals surface area contributed by atoms with Crippen LogP contribution in [0.4, 0.5) is 5.69 Å². The summed E-state index contributed by atoms with van der Waals surface area (Å²) in [5.41, 5.74) is 2.82. The van der Waals surface area contributed by atoms with Crippen LogP contribution in [0.5, 0.6) is 0 Å². The minimum absolute atomic E-state index is 0. The van der Waals surface area contributed by atoms with Crippen molar-refractivity contribution in [1.82, 2.24) is 19.4 Å². The zero-order chi connectivity index (χ0) is 21.9. The van der Waals surface area contributed by atoms with Crippen molar-refractivity contribution in [2.75, 3.05) is 37.6 Å². The second kappa shape index (κ2) is 13.3. The van der Waals surface area contributed by atoms with Crippen molar-refractivity contribution in [1.29, 1.82) is 0 Å². The number of hydrogen-bond acceptors (Lipinski definition) is 5. The molecule has 3 heterocycles. The highest BCUT2D eigenvalue weighted by Gasteiger charge is 2.17. The lowest BCUT2D eigenvalue weighted by molar-refractivity contribution is 0.251. The first-order chi connectivity index (χ1) is 15.7. The van der Waals surface area contributed by atoms with Crippen molar-refractivity contribution in [2.24, 2.45) is 0 Å². The minimum Gasteiger partial charge on any atom is -0.369 e. The normalized spacial score (nSPS) is 13.7. The fraction of sp³-hybridized carbons (Fsp3) is 0.320.